The van der Waals surface area contributed by atoms with E-state index in [0.29, 0.717) is 31.7 Å². The zero-order valence-electron chi connectivity index (χ0n) is 13.0. The monoisotopic (exact) mass is 432 g/mol. The summed E-state index contributed by atoms with van der Waals surface area (Å²) in [4.78, 5) is 12.1. The van der Waals surface area contributed by atoms with Crippen LogP contribution in [-0.4, -0.2) is 20.3 Å². The summed E-state index contributed by atoms with van der Waals surface area (Å²) in [6.07, 6.45) is 0. The van der Waals surface area contributed by atoms with E-state index in [1.54, 1.807) is 37.4 Å². The molecule has 0 fully saturated rings. The number of hydrogen-bond acceptors (Lipinski definition) is 3. The van der Waals surface area contributed by atoms with Crippen molar-refractivity contribution >= 4 is 50.9 Å². The Bertz CT molecular complexity index is 756. The third-order valence-electron chi connectivity index (χ3n) is 3.18. The summed E-state index contributed by atoms with van der Waals surface area (Å²) < 4.78 is 11.1. The SMILES string of the molecule is COc1cc(Br)c(NC(=O)NCc2ccc(Cl)cc2Cl)cc1OC. The summed E-state index contributed by atoms with van der Waals surface area (Å²) in [5, 5.41) is 6.51. The van der Waals surface area contributed by atoms with Gasteiger partial charge in [-0.05, 0) is 33.6 Å². The molecule has 8 heteroatoms. The highest BCUT2D eigenvalue weighted by molar-refractivity contribution is 9.10. The van der Waals surface area contributed by atoms with Gasteiger partial charge in [-0.15, -0.1) is 0 Å². The van der Waals surface area contributed by atoms with Gasteiger partial charge in [-0.3, -0.25) is 0 Å². The van der Waals surface area contributed by atoms with Crippen molar-refractivity contribution in [1.82, 2.24) is 5.32 Å². The predicted octanol–water partition coefficient (Wildman–Crippen LogP) is 5.09. The number of amides is 2. The Morgan fingerprint density at radius 3 is 2.42 bits per heavy atom. The number of rotatable bonds is 5. The second-order valence-electron chi connectivity index (χ2n) is 4.73. The molecule has 0 aliphatic rings. The first-order valence-electron chi connectivity index (χ1n) is 6.85. The van der Waals surface area contributed by atoms with Crippen LogP contribution in [0, 0.1) is 0 Å². The lowest BCUT2D eigenvalue weighted by molar-refractivity contribution is 0.251. The quantitative estimate of drug-likeness (QED) is 0.689. The van der Waals surface area contributed by atoms with Crippen molar-refractivity contribution in [3.63, 3.8) is 0 Å². The normalized spacial score (nSPS) is 10.2. The van der Waals surface area contributed by atoms with Crippen molar-refractivity contribution in [1.29, 1.82) is 0 Å². The van der Waals surface area contributed by atoms with Crippen LogP contribution in [0.15, 0.2) is 34.8 Å². The smallest absolute Gasteiger partial charge is 0.319 e. The highest BCUT2D eigenvalue weighted by Crippen LogP contribution is 2.36. The molecule has 0 bridgehead atoms. The van der Waals surface area contributed by atoms with Gasteiger partial charge in [0, 0.05) is 33.2 Å². The van der Waals surface area contributed by atoms with E-state index >= 15 is 0 Å². The van der Waals surface area contributed by atoms with E-state index in [2.05, 4.69) is 26.6 Å². The van der Waals surface area contributed by atoms with Gasteiger partial charge in [-0.1, -0.05) is 29.3 Å². The molecule has 0 radical (unpaired) electrons. The molecule has 2 aromatic rings. The molecule has 5 nitrogen and oxygen atoms in total. The fourth-order valence-electron chi connectivity index (χ4n) is 1.96. The zero-order chi connectivity index (χ0) is 17.7. The average molecular weight is 434 g/mol. The molecule has 0 saturated carbocycles. The second kappa shape index (κ2) is 8.46. The van der Waals surface area contributed by atoms with E-state index in [1.807, 2.05) is 0 Å². The van der Waals surface area contributed by atoms with Gasteiger partial charge in [0.25, 0.3) is 0 Å². The fourth-order valence-corrected chi connectivity index (χ4v) is 2.85. The number of halogens is 3. The van der Waals surface area contributed by atoms with Gasteiger partial charge in [0.15, 0.2) is 11.5 Å². The molecule has 0 heterocycles. The minimum atomic E-state index is -0.381. The molecule has 0 aromatic heterocycles. The van der Waals surface area contributed by atoms with Crippen LogP contribution in [0.1, 0.15) is 5.56 Å². The summed E-state index contributed by atoms with van der Waals surface area (Å²) in [6.45, 7) is 0.271. The standard InChI is InChI=1S/C16H15BrCl2N2O3/c1-23-14-6-11(17)13(7-15(14)24-2)21-16(22)20-8-9-3-4-10(18)5-12(9)19/h3-7H,8H2,1-2H3,(H2,20,21,22). The first kappa shape index (κ1) is 18.7. The van der Waals surface area contributed by atoms with E-state index in [0.717, 1.165) is 5.56 Å². The van der Waals surface area contributed by atoms with Crippen LogP contribution >= 0.6 is 39.1 Å². The number of carbonyl (C=O) groups is 1. The molecule has 2 amide bonds. The molecule has 0 aliphatic carbocycles. The number of urea groups is 1. The van der Waals surface area contributed by atoms with E-state index in [4.69, 9.17) is 32.7 Å². The lowest BCUT2D eigenvalue weighted by atomic mass is 10.2. The van der Waals surface area contributed by atoms with Crippen molar-refractivity contribution in [2.45, 2.75) is 6.54 Å². The number of methoxy groups -OCH3 is 2. The predicted molar refractivity (Wildman–Crippen MR) is 99.6 cm³/mol. The molecule has 0 saturated heterocycles. The zero-order valence-corrected chi connectivity index (χ0v) is 16.1. The Morgan fingerprint density at radius 2 is 1.79 bits per heavy atom. The minimum Gasteiger partial charge on any atom is -0.493 e. The van der Waals surface area contributed by atoms with Crippen molar-refractivity contribution < 1.29 is 14.3 Å². The molecular weight excluding hydrogens is 419 g/mol. The molecule has 2 rings (SSSR count). The van der Waals surface area contributed by atoms with Gasteiger partial charge < -0.3 is 20.1 Å². The lowest BCUT2D eigenvalue weighted by Crippen LogP contribution is -2.28. The van der Waals surface area contributed by atoms with Gasteiger partial charge in [0.1, 0.15) is 0 Å². The molecule has 0 atom stereocenters. The van der Waals surface area contributed by atoms with Gasteiger partial charge in [-0.25, -0.2) is 4.79 Å². The summed E-state index contributed by atoms with van der Waals surface area (Å²) >= 11 is 15.3. The lowest BCUT2D eigenvalue weighted by Gasteiger charge is -2.13. The Kier molecular flexibility index (Phi) is 6.60. The maximum atomic E-state index is 12.1. The van der Waals surface area contributed by atoms with Crippen LogP contribution in [0.25, 0.3) is 0 Å². The van der Waals surface area contributed by atoms with Crippen LogP contribution in [-0.2, 0) is 6.54 Å². The summed E-state index contributed by atoms with van der Waals surface area (Å²) in [5.41, 5.74) is 1.31. The highest BCUT2D eigenvalue weighted by Gasteiger charge is 2.12. The van der Waals surface area contributed by atoms with Gasteiger partial charge >= 0.3 is 6.03 Å². The molecule has 0 aliphatic heterocycles. The molecule has 0 spiro atoms. The maximum absolute atomic E-state index is 12.1. The Morgan fingerprint density at radius 1 is 1.12 bits per heavy atom. The average Bonchev–Trinajstić information content (AvgIpc) is 2.55. The Labute approximate surface area is 158 Å². The van der Waals surface area contributed by atoms with E-state index in [-0.39, 0.29) is 12.6 Å². The van der Waals surface area contributed by atoms with Crippen LogP contribution < -0.4 is 20.1 Å². The van der Waals surface area contributed by atoms with Crippen molar-refractivity contribution in [3.8, 4) is 11.5 Å². The fraction of sp³-hybridized carbons (Fsp3) is 0.188. The molecule has 128 valence electrons. The molecule has 2 N–H and O–H groups in total. The van der Waals surface area contributed by atoms with Crippen LogP contribution in [0.4, 0.5) is 10.5 Å². The van der Waals surface area contributed by atoms with E-state index < -0.39 is 0 Å². The second-order valence-corrected chi connectivity index (χ2v) is 6.43. The topological polar surface area (TPSA) is 59.6 Å². The van der Waals surface area contributed by atoms with Crippen molar-refractivity contribution in [3.05, 3.63) is 50.4 Å². The Hall–Kier alpha value is -1.63. The van der Waals surface area contributed by atoms with Crippen molar-refractivity contribution in [2.24, 2.45) is 0 Å². The van der Waals surface area contributed by atoms with Crippen LogP contribution in [0.2, 0.25) is 10.0 Å². The van der Waals surface area contributed by atoms with Crippen molar-refractivity contribution in [2.75, 3.05) is 19.5 Å². The first-order valence-corrected chi connectivity index (χ1v) is 8.39. The van der Waals surface area contributed by atoms with Gasteiger partial charge in [0.2, 0.25) is 0 Å². The largest absolute Gasteiger partial charge is 0.493 e. The molecule has 24 heavy (non-hydrogen) atoms. The number of hydrogen-bond donors (Lipinski definition) is 2. The summed E-state index contributed by atoms with van der Waals surface area (Å²) in [5.74, 6) is 1.07. The third-order valence-corrected chi connectivity index (χ3v) is 4.42. The minimum absolute atomic E-state index is 0.271. The van der Waals surface area contributed by atoms with Gasteiger partial charge in [0.05, 0.1) is 19.9 Å². The molecular formula is C16H15BrCl2N2O3. The van der Waals surface area contributed by atoms with Crippen LogP contribution in [0.3, 0.4) is 0 Å². The molecule has 0 unspecified atom stereocenters. The number of carbonyl (C=O) groups excluding carboxylic acids is 1. The molecule has 2 aromatic carbocycles. The number of ether oxygens (including phenoxy) is 2. The Balaban J connectivity index is 2.04. The summed E-state index contributed by atoms with van der Waals surface area (Å²) in [6, 6.07) is 8.10. The van der Waals surface area contributed by atoms with E-state index in [1.165, 1.54) is 7.11 Å². The first-order chi connectivity index (χ1) is 11.4. The van der Waals surface area contributed by atoms with Gasteiger partial charge in [-0.2, -0.15) is 0 Å². The third kappa shape index (κ3) is 4.69. The maximum Gasteiger partial charge on any atom is 0.319 e. The summed E-state index contributed by atoms with van der Waals surface area (Å²) in [7, 11) is 3.07. The highest BCUT2D eigenvalue weighted by atomic mass is 79.9. The van der Waals surface area contributed by atoms with Crippen LogP contribution in [0.5, 0.6) is 11.5 Å². The number of anilines is 1. The number of benzene rings is 2. The van der Waals surface area contributed by atoms with E-state index in [9.17, 15) is 4.79 Å². The number of nitrogens with one attached hydrogen (secondary N) is 2.